The van der Waals surface area contributed by atoms with Gasteiger partial charge in [0.05, 0.1) is 0 Å². The van der Waals surface area contributed by atoms with Gasteiger partial charge in [0.15, 0.2) is 0 Å². The number of nitrogens with one attached hydrogen (secondary N) is 1. The Kier molecular flexibility index (Phi) is 5.58. The smallest absolute Gasteiger partial charge is 0.325 e. The summed E-state index contributed by atoms with van der Waals surface area (Å²) in [6, 6.07) is -0.0852. The van der Waals surface area contributed by atoms with E-state index in [-0.39, 0.29) is 36.4 Å². The van der Waals surface area contributed by atoms with Crippen LogP contribution in [-0.4, -0.2) is 51.8 Å². The molecule has 0 aromatic carbocycles. The van der Waals surface area contributed by atoms with E-state index in [2.05, 4.69) is 5.32 Å². The summed E-state index contributed by atoms with van der Waals surface area (Å²) in [4.78, 5) is 41.7. The molecule has 0 unspecified atom stereocenters. The van der Waals surface area contributed by atoms with Gasteiger partial charge in [-0.1, -0.05) is 39.0 Å². The average molecular weight is 364 g/mol. The van der Waals surface area contributed by atoms with Crippen molar-refractivity contribution in [3.8, 4) is 0 Å². The third kappa shape index (κ3) is 3.35. The highest BCUT2D eigenvalue weighted by Crippen LogP contribution is 2.38. The van der Waals surface area contributed by atoms with Crippen LogP contribution in [0.25, 0.3) is 0 Å². The molecule has 6 nitrogen and oxygen atoms in total. The summed E-state index contributed by atoms with van der Waals surface area (Å²) >= 11 is 0. The zero-order chi connectivity index (χ0) is 18.9. The molecule has 1 aliphatic heterocycles. The Labute approximate surface area is 156 Å². The molecule has 26 heavy (non-hydrogen) atoms. The Morgan fingerprint density at radius 1 is 1.15 bits per heavy atom. The van der Waals surface area contributed by atoms with Gasteiger partial charge < -0.3 is 10.2 Å². The predicted octanol–water partition coefficient (Wildman–Crippen LogP) is 3.06. The minimum atomic E-state index is -0.789. The molecule has 0 aromatic heterocycles. The highest BCUT2D eigenvalue weighted by atomic mass is 16.2. The average Bonchev–Trinajstić information content (AvgIpc) is 2.83. The van der Waals surface area contributed by atoms with Crippen LogP contribution in [0.5, 0.6) is 0 Å². The summed E-state index contributed by atoms with van der Waals surface area (Å²) in [5.41, 5.74) is -0.789. The van der Waals surface area contributed by atoms with Gasteiger partial charge >= 0.3 is 6.03 Å². The van der Waals surface area contributed by atoms with Gasteiger partial charge in [0, 0.05) is 12.1 Å². The molecule has 2 saturated carbocycles. The van der Waals surface area contributed by atoms with Crippen LogP contribution in [0.4, 0.5) is 4.79 Å². The Morgan fingerprint density at radius 3 is 2.42 bits per heavy atom. The van der Waals surface area contributed by atoms with Gasteiger partial charge in [0.1, 0.15) is 12.1 Å². The molecule has 146 valence electrons. The maximum Gasteiger partial charge on any atom is 0.325 e. The van der Waals surface area contributed by atoms with Gasteiger partial charge in [-0.25, -0.2) is 4.79 Å². The van der Waals surface area contributed by atoms with Crippen molar-refractivity contribution in [1.82, 2.24) is 15.1 Å². The van der Waals surface area contributed by atoms with E-state index in [1.807, 2.05) is 25.7 Å². The lowest BCUT2D eigenvalue weighted by Gasteiger charge is -2.38. The van der Waals surface area contributed by atoms with E-state index in [1.165, 1.54) is 11.3 Å². The van der Waals surface area contributed by atoms with Gasteiger partial charge in [-0.05, 0) is 45.4 Å². The SMILES string of the molecule is CC(C)N(C(=O)CN1C(=O)N[C@@]2(CCCC[C@H]2C)C1=O)C1CCCCC1. The first-order valence-corrected chi connectivity index (χ1v) is 10.3. The van der Waals surface area contributed by atoms with E-state index >= 15 is 0 Å². The molecule has 1 spiro atoms. The first-order valence-electron chi connectivity index (χ1n) is 10.3. The molecule has 3 rings (SSSR count). The molecule has 2 atom stereocenters. The number of nitrogens with zero attached hydrogens (tertiary/aromatic N) is 2. The topological polar surface area (TPSA) is 69.7 Å². The lowest BCUT2D eigenvalue weighted by Crippen LogP contribution is -2.54. The maximum atomic E-state index is 13.1. The minimum absolute atomic E-state index is 0.0777. The highest BCUT2D eigenvalue weighted by molar-refractivity contribution is 6.09. The van der Waals surface area contributed by atoms with Crippen molar-refractivity contribution in [2.24, 2.45) is 5.92 Å². The zero-order valence-corrected chi connectivity index (χ0v) is 16.4. The molecule has 4 amide bonds. The van der Waals surface area contributed by atoms with E-state index in [0.717, 1.165) is 44.9 Å². The summed E-state index contributed by atoms with van der Waals surface area (Å²) in [5.74, 6) is -0.182. The Balaban J connectivity index is 1.73. The molecule has 6 heteroatoms. The summed E-state index contributed by atoms with van der Waals surface area (Å²) in [5, 5.41) is 2.94. The predicted molar refractivity (Wildman–Crippen MR) is 99.5 cm³/mol. The van der Waals surface area contributed by atoms with E-state index < -0.39 is 11.6 Å². The van der Waals surface area contributed by atoms with Gasteiger partial charge in [0.25, 0.3) is 5.91 Å². The van der Waals surface area contributed by atoms with Crippen molar-refractivity contribution >= 4 is 17.8 Å². The van der Waals surface area contributed by atoms with Gasteiger partial charge in [-0.3, -0.25) is 14.5 Å². The van der Waals surface area contributed by atoms with Crippen LogP contribution in [0, 0.1) is 5.92 Å². The summed E-state index contributed by atoms with van der Waals surface area (Å²) < 4.78 is 0. The van der Waals surface area contributed by atoms with Crippen molar-refractivity contribution in [2.45, 2.75) is 96.2 Å². The monoisotopic (exact) mass is 363 g/mol. The van der Waals surface area contributed by atoms with Crippen LogP contribution in [0.3, 0.4) is 0 Å². The van der Waals surface area contributed by atoms with Crippen LogP contribution >= 0.6 is 0 Å². The second kappa shape index (κ2) is 7.57. The first-order chi connectivity index (χ1) is 12.4. The summed E-state index contributed by atoms with van der Waals surface area (Å²) in [7, 11) is 0. The lowest BCUT2D eigenvalue weighted by molar-refractivity contribution is -0.143. The molecule has 0 bridgehead atoms. The number of amides is 4. The van der Waals surface area contributed by atoms with E-state index in [0.29, 0.717) is 6.42 Å². The number of hydrogen-bond acceptors (Lipinski definition) is 3. The molecule has 2 aliphatic carbocycles. The largest absolute Gasteiger partial charge is 0.336 e. The van der Waals surface area contributed by atoms with Crippen molar-refractivity contribution in [3.63, 3.8) is 0 Å². The second-order valence-corrected chi connectivity index (χ2v) is 8.63. The van der Waals surface area contributed by atoms with Crippen LogP contribution in [0.15, 0.2) is 0 Å². The number of carbonyl (C=O) groups excluding carboxylic acids is 3. The lowest BCUT2D eigenvalue weighted by atomic mass is 9.73. The van der Waals surface area contributed by atoms with Crippen LogP contribution in [-0.2, 0) is 9.59 Å². The fourth-order valence-electron chi connectivity index (χ4n) is 5.13. The Hall–Kier alpha value is -1.59. The van der Waals surface area contributed by atoms with E-state index in [9.17, 15) is 14.4 Å². The maximum absolute atomic E-state index is 13.1. The van der Waals surface area contributed by atoms with Crippen molar-refractivity contribution in [3.05, 3.63) is 0 Å². The zero-order valence-electron chi connectivity index (χ0n) is 16.4. The normalized spacial score (nSPS) is 30.2. The fourth-order valence-corrected chi connectivity index (χ4v) is 5.13. The van der Waals surface area contributed by atoms with Gasteiger partial charge in [-0.2, -0.15) is 0 Å². The van der Waals surface area contributed by atoms with E-state index in [4.69, 9.17) is 0 Å². The number of imide groups is 1. The van der Waals surface area contributed by atoms with Crippen molar-refractivity contribution < 1.29 is 14.4 Å². The Morgan fingerprint density at radius 2 is 1.81 bits per heavy atom. The standard InChI is InChI=1S/C20H33N3O3/c1-14(2)23(16-10-5-4-6-11-16)17(24)13-22-18(25)20(21-19(22)26)12-8-7-9-15(20)3/h14-16H,4-13H2,1-3H3,(H,21,26)/t15-,20-/m1/s1. The minimum Gasteiger partial charge on any atom is -0.336 e. The van der Waals surface area contributed by atoms with Crippen LogP contribution in [0.2, 0.25) is 0 Å². The molecule has 0 aromatic rings. The molecule has 3 fully saturated rings. The number of carbonyl (C=O) groups is 3. The highest BCUT2D eigenvalue weighted by Gasteiger charge is 2.55. The fraction of sp³-hybridized carbons (Fsp3) is 0.850. The van der Waals surface area contributed by atoms with Gasteiger partial charge in [0.2, 0.25) is 5.91 Å². The van der Waals surface area contributed by atoms with Crippen molar-refractivity contribution in [2.75, 3.05) is 6.54 Å². The number of hydrogen-bond donors (Lipinski definition) is 1. The quantitative estimate of drug-likeness (QED) is 0.781. The van der Waals surface area contributed by atoms with Crippen LogP contribution in [0.1, 0.15) is 78.6 Å². The molecule has 1 saturated heterocycles. The third-order valence-corrected chi connectivity index (χ3v) is 6.61. The van der Waals surface area contributed by atoms with Crippen LogP contribution < -0.4 is 5.32 Å². The first kappa shape index (κ1) is 19.2. The van der Waals surface area contributed by atoms with Gasteiger partial charge in [-0.15, -0.1) is 0 Å². The van der Waals surface area contributed by atoms with E-state index in [1.54, 1.807) is 0 Å². The molecule has 1 N–H and O–H groups in total. The number of urea groups is 1. The third-order valence-electron chi connectivity index (χ3n) is 6.61. The van der Waals surface area contributed by atoms with Crippen molar-refractivity contribution in [1.29, 1.82) is 0 Å². The molecule has 3 aliphatic rings. The number of rotatable bonds is 4. The molecule has 0 radical (unpaired) electrons. The second-order valence-electron chi connectivity index (χ2n) is 8.63. The molecule has 1 heterocycles. The Bertz CT molecular complexity index is 571. The molecular weight excluding hydrogens is 330 g/mol. The summed E-state index contributed by atoms with van der Waals surface area (Å²) in [6.45, 7) is 5.94. The summed E-state index contributed by atoms with van der Waals surface area (Å²) in [6.07, 6.45) is 9.20. The molecular formula is C20H33N3O3.